The highest BCUT2D eigenvalue weighted by Gasteiger charge is 2.19. The number of hydrogen-bond acceptors (Lipinski definition) is 4. The van der Waals surface area contributed by atoms with Gasteiger partial charge in [-0.25, -0.2) is 0 Å². The molecule has 162 valence electrons. The number of phenols is 1. The first-order valence-corrected chi connectivity index (χ1v) is 9.94. The molecule has 0 bridgehead atoms. The van der Waals surface area contributed by atoms with Crippen molar-refractivity contribution in [2.45, 2.75) is 25.7 Å². The topological polar surface area (TPSA) is 30.0 Å². The van der Waals surface area contributed by atoms with Crippen LogP contribution in [-0.2, 0) is 0 Å². The molecular formula is C22H32Cl3N3O. The van der Waals surface area contributed by atoms with Crippen LogP contribution in [0.3, 0.4) is 0 Å². The molecule has 2 aromatic rings. The van der Waals surface area contributed by atoms with Crippen LogP contribution in [0.15, 0.2) is 48.5 Å². The number of phenolic OH excluding ortho intramolecular Hbond substituents is 1. The van der Waals surface area contributed by atoms with Crippen LogP contribution in [0.25, 0.3) is 0 Å². The van der Waals surface area contributed by atoms with E-state index < -0.39 is 0 Å². The summed E-state index contributed by atoms with van der Waals surface area (Å²) in [6.07, 6.45) is 4.98. The maximum atomic E-state index is 10.5. The standard InChI is InChI=1S/C22H29N3O.3ClH/c26-22-11-10-20(23-12-5-2-6-13-23)18-21(22)25-15-7-14-24(16-17-25)19-8-3-1-4-9-19;;;/h1,3-4,8-11,18,26H,2,5-7,12-17H2;3*1H. The average Bonchev–Trinajstić information content (AvgIpc) is 2.96. The van der Waals surface area contributed by atoms with E-state index in [1.807, 2.05) is 6.07 Å². The molecule has 2 heterocycles. The number of aromatic hydroxyl groups is 1. The molecule has 1 N–H and O–H groups in total. The van der Waals surface area contributed by atoms with E-state index in [1.165, 1.54) is 30.6 Å². The normalized spacial score (nSPS) is 16.8. The molecule has 7 heteroatoms. The molecule has 29 heavy (non-hydrogen) atoms. The molecular weight excluding hydrogens is 429 g/mol. The van der Waals surface area contributed by atoms with Crippen LogP contribution in [0.5, 0.6) is 5.75 Å². The maximum absolute atomic E-state index is 10.5. The Morgan fingerprint density at radius 1 is 0.552 bits per heavy atom. The molecule has 0 saturated carbocycles. The first-order valence-electron chi connectivity index (χ1n) is 9.94. The van der Waals surface area contributed by atoms with Crippen LogP contribution in [0.1, 0.15) is 25.7 Å². The van der Waals surface area contributed by atoms with Crippen molar-refractivity contribution in [2.24, 2.45) is 0 Å². The monoisotopic (exact) mass is 459 g/mol. The van der Waals surface area contributed by atoms with E-state index in [0.717, 1.165) is 51.4 Å². The highest BCUT2D eigenvalue weighted by molar-refractivity contribution is 5.86. The van der Waals surface area contributed by atoms with Crippen molar-refractivity contribution < 1.29 is 5.11 Å². The number of rotatable bonds is 3. The lowest BCUT2D eigenvalue weighted by atomic mass is 10.1. The van der Waals surface area contributed by atoms with Gasteiger partial charge < -0.3 is 19.8 Å². The van der Waals surface area contributed by atoms with Gasteiger partial charge in [0.15, 0.2) is 0 Å². The molecule has 0 spiro atoms. The summed E-state index contributed by atoms with van der Waals surface area (Å²) >= 11 is 0. The van der Waals surface area contributed by atoms with Crippen molar-refractivity contribution in [3.63, 3.8) is 0 Å². The minimum atomic E-state index is 0. The van der Waals surface area contributed by atoms with E-state index in [1.54, 1.807) is 0 Å². The predicted octanol–water partition coefficient (Wildman–Crippen LogP) is 5.36. The molecule has 0 aliphatic carbocycles. The van der Waals surface area contributed by atoms with Crippen LogP contribution >= 0.6 is 37.2 Å². The van der Waals surface area contributed by atoms with Gasteiger partial charge in [0.05, 0.1) is 5.69 Å². The molecule has 0 unspecified atom stereocenters. The fourth-order valence-electron chi connectivity index (χ4n) is 4.17. The number of halogens is 3. The van der Waals surface area contributed by atoms with Crippen molar-refractivity contribution in [3.05, 3.63) is 48.5 Å². The van der Waals surface area contributed by atoms with Gasteiger partial charge in [0.2, 0.25) is 0 Å². The number of para-hydroxylation sites is 1. The molecule has 4 rings (SSSR count). The van der Waals surface area contributed by atoms with Gasteiger partial charge in [-0.3, -0.25) is 0 Å². The summed E-state index contributed by atoms with van der Waals surface area (Å²) < 4.78 is 0. The van der Waals surface area contributed by atoms with Crippen LogP contribution < -0.4 is 14.7 Å². The second kappa shape index (κ2) is 12.3. The molecule has 0 aromatic heterocycles. The number of hydrogen-bond donors (Lipinski definition) is 1. The second-order valence-corrected chi connectivity index (χ2v) is 7.38. The third-order valence-corrected chi connectivity index (χ3v) is 5.64. The summed E-state index contributed by atoms with van der Waals surface area (Å²) in [5, 5.41) is 10.5. The highest BCUT2D eigenvalue weighted by Crippen LogP contribution is 2.33. The molecule has 2 aliphatic rings. The minimum Gasteiger partial charge on any atom is -0.506 e. The zero-order chi connectivity index (χ0) is 17.8. The van der Waals surface area contributed by atoms with E-state index in [9.17, 15) is 5.11 Å². The lowest BCUT2D eigenvalue weighted by Crippen LogP contribution is -2.31. The maximum Gasteiger partial charge on any atom is 0.139 e. The Morgan fingerprint density at radius 2 is 1.14 bits per heavy atom. The smallest absolute Gasteiger partial charge is 0.139 e. The second-order valence-electron chi connectivity index (χ2n) is 7.38. The van der Waals surface area contributed by atoms with Crippen molar-refractivity contribution in [1.82, 2.24) is 0 Å². The summed E-state index contributed by atoms with van der Waals surface area (Å²) in [6, 6.07) is 16.8. The summed E-state index contributed by atoms with van der Waals surface area (Å²) in [4.78, 5) is 7.26. The van der Waals surface area contributed by atoms with Gasteiger partial charge in [-0.05, 0) is 56.0 Å². The number of benzene rings is 2. The van der Waals surface area contributed by atoms with E-state index in [0.29, 0.717) is 5.75 Å². The van der Waals surface area contributed by atoms with Gasteiger partial charge >= 0.3 is 0 Å². The Balaban J connectivity index is 0.00000140. The van der Waals surface area contributed by atoms with Crippen LogP contribution in [-0.4, -0.2) is 44.4 Å². The molecule has 0 atom stereocenters. The summed E-state index contributed by atoms with van der Waals surface area (Å²) in [6.45, 7) is 6.23. The van der Waals surface area contributed by atoms with E-state index >= 15 is 0 Å². The van der Waals surface area contributed by atoms with Crippen molar-refractivity contribution in [3.8, 4) is 5.75 Å². The summed E-state index contributed by atoms with van der Waals surface area (Å²) in [5.41, 5.74) is 3.53. The summed E-state index contributed by atoms with van der Waals surface area (Å²) in [7, 11) is 0. The highest BCUT2D eigenvalue weighted by atomic mass is 35.5. The van der Waals surface area contributed by atoms with Gasteiger partial charge in [0, 0.05) is 50.6 Å². The van der Waals surface area contributed by atoms with Crippen molar-refractivity contribution >= 4 is 54.3 Å². The number of piperidine rings is 1. The Hall–Kier alpha value is -1.49. The van der Waals surface area contributed by atoms with Crippen LogP contribution in [0.4, 0.5) is 17.1 Å². The molecule has 2 aromatic carbocycles. The fraction of sp³-hybridized carbons (Fsp3) is 0.455. The van der Waals surface area contributed by atoms with E-state index in [-0.39, 0.29) is 37.2 Å². The van der Waals surface area contributed by atoms with Gasteiger partial charge in [-0.15, -0.1) is 37.2 Å². The third-order valence-electron chi connectivity index (χ3n) is 5.64. The Bertz CT molecular complexity index is 726. The third kappa shape index (κ3) is 6.24. The zero-order valence-electron chi connectivity index (χ0n) is 16.7. The number of nitrogens with zero attached hydrogens (tertiary/aromatic N) is 3. The van der Waals surface area contributed by atoms with Crippen molar-refractivity contribution in [1.29, 1.82) is 0 Å². The van der Waals surface area contributed by atoms with Crippen molar-refractivity contribution in [2.75, 3.05) is 54.0 Å². The van der Waals surface area contributed by atoms with Gasteiger partial charge in [-0.1, -0.05) is 18.2 Å². The molecule has 2 saturated heterocycles. The molecule has 2 fully saturated rings. The quantitative estimate of drug-likeness (QED) is 0.667. The average molecular weight is 461 g/mol. The van der Waals surface area contributed by atoms with E-state index in [4.69, 9.17) is 0 Å². The Kier molecular flexibility index (Phi) is 10.8. The van der Waals surface area contributed by atoms with Gasteiger partial charge in [0.25, 0.3) is 0 Å². The molecule has 0 radical (unpaired) electrons. The molecule has 4 nitrogen and oxygen atoms in total. The Morgan fingerprint density at radius 3 is 1.86 bits per heavy atom. The van der Waals surface area contributed by atoms with Gasteiger partial charge in [0.1, 0.15) is 5.75 Å². The zero-order valence-corrected chi connectivity index (χ0v) is 19.2. The SMILES string of the molecule is Cl.Cl.Cl.Oc1ccc(N2CCCCC2)cc1N1CCCN(c2ccccc2)CC1. The first kappa shape index (κ1) is 25.5. The Labute approximate surface area is 193 Å². The lowest BCUT2D eigenvalue weighted by Gasteiger charge is -2.31. The lowest BCUT2D eigenvalue weighted by molar-refractivity contribution is 0.474. The largest absolute Gasteiger partial charge is 0.506 e. The van der Waals surface area contributed by atoms with Crippen LogP contribution in [0, 0.1) is 0 Å². The number of anilines is 3. The van der Waals surface area contributed by atoms with Gasteiger partial charge in [-0.2, -0.15) is 0 Å². The summed E-state index contributed by atoms with van der Waals surface area (Å²) in [5.74, 6) is 0.402. The minimum absolute atomic E-state index is 0. The predicted molar refractivity (Wildman–Crippen MR) is 131 cm³/mol. The molecule has 2 aliphatic heterocycles. The van der Waals surface area contributed by atoms with E-state index in [2.05, 4.69) is 57.2 Å². The first-order chi connectivity index (χ1) is 12.8. The fourth-order valence-corrected chi connectivity index (χ4v) is 4.17. The van der Waals surface area contributed by atoms with Crippen LogP contribution in [0.2, 0.25) is 0 Å². The molecule has 0 amide bonds.